The highest BCUT2D eigenvalue weighted by atomic mass is 35.5. The van der Waals surface area contributed by atoms with Gasteiger partial charge in [0.15, 0.2) is 0 Å². The zero-order valence-corrected chi connectivity index (χ0v) is 7.39. The Morgan fingerprint density at radius 1 is 1.50 bits per heavy atom. The average Bonchev–Trinajstić information content (AvgIpc) is 2.05. The number of hydrogen-bond acceptors (Lipinski definition) is 1. The predicted octanol–water partition coefficient (Wildman–Crippen LogP) is 2.70. The summed E-state index contributed by atoms with van der Waals surface area (Å²) in [7, 11) is 0. The van der Waals surface area contributed by atoms with Crippen molar-refractivity contribution in [3.8, 4) is 0 Å². The molecule has 2 N–H and O–H groups in total. The van der Waals surface area contributed by atoms with Crippen LogP contribution in [0.15, 0.2) is 24.3 Å². The first-order valence-electron chi connectivity index (χ1n) is 3.81. The maximum absolute atomic E-state index is 11.9. The SMILES string of the molecule is N[C@@H](CCF)c1cccc(Cl)c1. The van der Waals surface area contributed by atoms with Crippen molar-refractivity contribution < 1.29 is 4.39 Å². The Morgan fingerprint density at radius 2 is 2.25 bits per heavy atom. The summed E-state index contributed by atoms with van der Waals surface area (Å²) in [5.41, 5.74) is 6.56. The van der Waals surface area contributed by atoms with Crippen LogP contribution in [0.3, 0.4) is 0 Å². The molecule has 0 unspecified atom stereocenters. The second kappa shape index (κ2) is 4.43. The van der Waals surface area contributed by atoms with Gasteiger partial charge in [0.25, 0.3) is 0 Å². The molecule has 0 amide bonds. The fourth-order valence-corrected chi connectivity index (χ4v) is 1.22. The summed E-state index contributed by atoms with van der Waals surface area (Å²) in [5.74, 6) is 0. The molecule has 3 heteroatoms. The second-order valence-electron chi connectivity index (χ2n) is 2.64. The highest BCUT2D eigenvalue weighted by molar-refractivity contribution is 6.30. The minimum atomic E-state index is -0.395. The lowest BCUT2D eigenvalue weighted by Gasteiger charge is -2.09. The lowest BCUT2D eigenvalue weighted by atomic mass is 10.1. The molecule has 0 aromatic heterocycles. The van der Waals surface area contributed by atoms with Gasteiger partial charge in [-0.3, -0.25) is 4.39 Å². The summed E-state index contributed by atoms with van der Waals surface area (Å²) in [5, 5.41) is 0.641. The van der Waals surface area contributed by atoms with Gasteiger partial charge in [0.2, 0.25) is 0 Å². The third-order valence-corrected chi connectivity index (χ3v) is 1.93. The smallest absolute Gasteiger partial charge is 0.0912 e. The Morgan fingerprint density at radius 3 is 2.83 bits per heavy atom. The number of halogens is 2. The van der Waals surface area contributed by atoms with Crippen LogP contribution in [-0.2, 0) is 0 Å². The van der Waals surface area contributed by atoms with E-state index in [1.54, 1.807) is 12.1 Å². The van der Waals surface area contributed by atoms with Gasteiger partial charge in [-0.2, -0.15) is 0 Å². The largest absolute Gasteiger partial charge is 0.324 e. The molecule has 66 valence electrons. The van der Waals surface area contributed by atoms with Crippen molar-refractivity contribution in [2.24, 2.45) is 5.73 Å². The summed E-state index contributed by atoms with van der Waals surface area (Å²) in [6, 6.07) is 6.96. The van der Waals surface area contributed by atoms with Crippen LogP contribution < -0.4 is 5.73 Å². The number of benzene rings is 1. The second-order valence-corrected chi connectivity index (χ2v) is 3.08. The summed E-state index contributed by atoms with van der Waals surface area (Å²) < 4.78 is 11.9. The van der Waals surface area contributed by atoms with Crippen molar-refractivity contribution in [3.63, 3.8) is 0 Å². The zero-order valence-electron chi connectivity index (χ0n) is 6.63. The van der Waals surface area contributed by atoms with E-state index in [2.05, 4.69) is 0 Å². The van der Waals surface area contributed by atoms with Crippen molar-refractivity contribution >= 4 is 11.6 Å². The number of nitrogens with two attached hydrogens (primary N) is 1. The number of hydrogen-bond donors (Lipinski definition) is 1. The Hall–Kier alpha value is -0.600. The maximum Gasteiger partial charge on any atom is 0.0912 e. The lowest BCUT2D eigenvalue weighted by Crippen LogP contribution is -2.10. The molecule has 0 heterocycles. The molecule has 0 saturated carbocycles. The minimum absolute atomic E-state index is 0.242. The van der Waals surface area contributed by atoms with E-state index in [0.29, 0.717) is 11.4 Å². The fraction of sp³-hybridized carbons (Fsp3) is 0.333. The first-order valence-corrected chi connectivity index (χ1v) is 4.19. The first kappa shape index (κ1) is 9.49. The van der Waals surface area contributed by atoms with E-state index >= 15 is 0 Å². The monoisotopic (exact) mass is 187 g/mol. The van der Waals surface area contributed by atoms with Crippen LogP contribution >= 0.6 is 11.6 Å². The van der Waals surface area contributed by atoms with Crippen LogP contribution in [0, 0.1) is 0 Å². The molecular weight excluding hydrogens is 177 g/mol. The van der Waals surface area contributed by atoms with Gasteiger partial charge >= 0.3 is 0 Å². The van der Waals surface area contributed by atoms with Crippen LogP contribution in [0.25, 0.3) is 0 Å². The van der Waals surface area contributed by atoms with Gasteiger partial charge in [0.05, 0.1) is 6.67 Å². The van der Waals surface area contributed by atoms with E-state index in [4.69, 9.17) is 17.3 Å². The minimum Gasteiger partial charge on any atom is -0.324 e. The normalized spacial score (nSPS) is 12.9. The molecule has 0 saturated heterocycles. The van der Waals surface area contributed by atoms with E-state index in [1.165, 1.54) is 0 Å². The molecule has 0 spiro atoms. The standard InChI is InChI=1S/C9H11ClFN/c10-8-3-1-2-7(6-8)9(12)4-5-11/h1-3,6,9H,4-5,12H2/t9-/m0/s1. The average molecular weight is 188 g/mol. The summed E-state index contributed by atoms with van der Waals surface area (Å²) in [4.78, 5) is 0. The lowest BCUT2D eigenvalue weighted by molar-refractivity contribution is 0.442. The molecule has 1 atom stereocenters. The Bertz CT molecular complexity index is 252. The van der Waals surface area contributed by atoms with Gasteiger partial charge in [-0.25, -0.2) is 0 Å². The van der Waals surface area contributed by atoms with Gasteiger partial charge < -0.3 is 5.73 Å². The van der Waals surface area contributed by atoms with Gasteiger partial charge in [-0.1, -0.05) is 23.7 Å². The Balaban J connectivity index is 2.73. The van der Waals surface area contributed by atoms with E-state index in [9.17, 15) is 4.39 Å². The molecule has 1 rings (SSSR count). The highest BCUT2D eigenvalue weighted by Gasteiger charge is 2.04. The van der Waals surface area contributed by atoms with Crippen LogP contribution in [-0.4, -0.2) is 6.67 Å². The van der Waals surface area contributed by atoms with Crippen LogP contribution in [0.2, 0.25) is 5.02 Å². The van der Waals surface area contributed by atoms with Crippen molar-refractivity contribution in [1.29, 1.82) is 0 Å². The van der Waals surface area contributed by atoms with Gasteiger partial charge in [0, 0.05) is 11.1 Å². The summed E-state index contributed by atoms with van der Waals surface area (Å²) >= 11 is 5.74. The Labute approximate surface area is 76.3 Å². The zero-order chi connectivity index (χ0) is 8.97. The number of alkyl halides is 1. The third-order valence-electron chi connectivity index (χ3n) is 1.70. The fourth-order valence-electron chi connectivity index (χ4n) is 1.02. The molecular formula is C9H11ClFN. The van der Waals surface area contributed by atoms with Gasteiger partial charge in [-0.15, -0.1) is 0 Å². The molecule has 0 aliphatic heterocycles. The molecule has 0 aliphatic rings. The molecule has 0 aliphatic carbocycles. The summed E-state index contributed by atoms with van der Waals surface area (Å²) in [6.07, 6.45) is 0.348. The predicted molar refractivity (Wildman–Crippen MR) is 49.0 cm³/mol. The molecule has 0 fully saturated rings. The molecule has 1 aromatic rings. The van der Waals surface area contributed by atoms with E-state index in [1.807, 2.05) is 12.1 Å². The van der Waals surface area contributed by atoms with Crippen molar-refractivity contribution in [1.82, 2.24) is 0 Å². The third kappa shape index (κ3) is 2.47. The van der Waals surface area contributed by atoms with E-state index in [0.717, 1.165) is 5.56 Å². The molecule has 1 nitrogen and oxygen atoms in total. The van der Waals surface area contributed by atoms with Crippen LogP contribution in [0.5, 0.6) is 0 Å². The Kier molecular flexibility index (Phi) is 3.50. The van der Waals surface area contributed by atoms with Crippen molar-refractivity contribution in [2.75, 3.05) is 6.67 Å². The van der Waals surface area contributed by atoms with E-state index < -0.39 is 6.67 Å². The molecule has 0 radical (unpaired) electrons. The van der Waals surface area contributed by atoms with E-state index in [-0.39, 0.29) is 6.04 Å². The topological polar surface area (TPSA) is 26.0 Å². The molecule has 1 aromatic carbocycles. The van der Waals surface area contributed by atoms with Crippen LogP contribution in [0.1, 0.15) is 18.0 Å². The van der Waals surface area contributed by atoms with Gasteiger partial charge in [0.1, 0.15) is 0 Å². The maximum atomic E-state index is 11.9. The van der Waals surface area contributed by atoms with Gasteiger partial charge in [-0.05, 0) is 24.1 Å². The highest BCUT2D eigenvalue weighted by Crippen LogP contribution is 2.18. The number of rotatable bonds is 3. The first-order chi connectivity index (χ1) is 5.74. The quantitative estimate of drug-likeness (QED) is 0.774. The summed E-state index contributed by atoms with van der Waals surface area (Å²) in [6.45, 7) is -0.395. The van der Waals surface area contributed by atoms with Crippen LogP contribution in [0.4, 0.5) is 4.39 Å². The molecule has 12 heavy (non-hydrogen) atoms. The van der Waals surface area contributed by atoms with Crippen molar-refractivity contribution in [3.05, 3.63) is 34.9 Å². The van der Waals surface area contributed by atoms with Crippen molar-refractivity contribution in [2.45, 2.75) is 12.5 Å². The molecule has 0 bridgehead atoms.